The van der Waals surface area contributed by atoms with Crippen LogP contribution in [0, 0.1) is 16.0 Å². The highest BCUT2D eigenvalue weighted by atomic mass is 32.2. The summed E-state index contributed by atoms with van der Waals surface area (Å²) in [6, 6.07) is 4.14. The van der Waals surface area contributed by atoms with Gasteiger partial charge in [0.15, 0.2) is 0 Å². The summed E-state index contributed by atoms with van der Waals surface area (Å²) in [5, 5.41) is 22.7. The molecule has 1 saturated carbocycles. The lowest BCUT2D eigenvalue weighted by Gasteiger charge is -2.12. The molecule has 2 atom stereocenters. The van der Waals surface area contributed by atoms with E-state index >= 15 is 0 Å². The molecule has 0 spiro atoms. The molecular formula is C14H16N2O5S. The van der Waals surface area contributed by atoms with Crippen molar-refractivity contribution in [3.8, 4) is 0 Å². The topological polar surface area (TPSA) is 110 Å². The van der Waals surface area contributed by atoms with Crippen molar-refractivity contribution >= 4 is 29.3 Å². The Morgan fingerprint density at radius 3 is 2.68 bits per heavy atom. The van der Waals surface area contributed by atoms with E-state index in [1.54, 1.807) is 12.3 Å². The molecule has 0 unspecified atom stereocenters. The minimum atomic E-state index is -0.850. The number of hydrogen-bond donors (Lipinski definition) is 2. The number of carbonyl (C=O) groups excluding carboxylic acids is 1. The summed E-state index contributed by atoms with van der Waals surface area (Å²) in [6.07, 6.45) is 3.26. The highest BCUT2D eigenvalue weighted by Crippen LogP contribution is 2.29. The summed E-state index contributed by atoms with van der Waals surface area (Å²) in [7, 11) is 0. The zero-order chi connectivity index (χ0) is 16.3. The van der Waals surface area contributed by atoms with Crippen LogP contribution in [0.1, 0.15) is 29.6 Å². The van der Waals surface area contributed by atoms with Crippen LogP contribution in [-0.4, -0.2) is 34.2 Å². The van der Waals surface area contributed by atoms with Gasteiger partial charge in [-0.1, -0.05) is 0 Å². The summed E-state index contributed by atoms with van der Waals surface area (Å²) in [4.78, 5) is 34.1. The van der Waals surface area contributed by atoms with Gasteiger partial charge in [0.05, 0.1) is 15.7 Å². The van der Waals surface area contributed by atoms with Crippen LogP contribution < -0.4 is 5.32 Å². The summed E-state index contributed by atoms with van der Waals surface area (Å²) in [6.45, 7) is 0. The number of carboxylic acid groups (broad SMARTS) is 1. The van der Waals surface area contributed by atoms with Gasteiger partial charge in [-0.25, -0.2) is 0 Å². The van der Waals surface area contributed by atoms with E-state index in [2.05, 4.69) is 5.32 Å². The number of nitrogens with zero attached hydrogens (tertiary/aromatic N) is 1. The molecule has 1 aliphatic carbocycles. The lowest BCUT2D eigenvalue weighted by Crippen LogP contribution is -2.33. The van der Waals surface area contributed by atoms with E-state index in [0.717, 1.165) is 0 Å². The third-order valence-corrected chi connectivity index (χ3v) is 4.54. The molecule has 0 radical (unpaired) electrons. The van der Waals surface area contributed by atoms with Crippen LogP contribution in [0.25, 0.3) is 0 Å². The largest absolute Gasteiger partial charge is 0.481 e. The maximum atomic E-state index is 12.2. The second kappa shape index (κ2) is 6.78. The van der Waals surface area contributed by atoms with Crippen LogP contribution in [0.15, 0.2) is 23.1 Å². The number of thioether (sulfide) groups is 1. The fourth-order valence-corrected chi connectivity index (χ4v) is 3.13. The Balaban J connectivity index is 2.09. The number of benzene rings is 1. The van der Waals surface area contributed by atoms with Gasteiger partial charge in [-0.2, -0.15) is 0 Å². The van der Waals surface area contributed by atoms with Gasteiger partial charge in [-0.05, 0) is 37.7 Å². The number of aliphatic carboxylic acids is 1. The number of hydrogen-bond acceptors (Lipinski definition) is 5. The standard InChI is InChI=1S/C14H16N2O5S/c1-22-12-5-3-8(7-11(12)16(20)21)13(17)15-10-4-2-9(6-10)14(18)19/h3,5,7,9-10H,2,4,6H2,1H3,(H,15,17)(H,18,19)/t9-,10+/m1/s1. The van der Waals surface area contributed by atoms with Gasteiger partial charge in [-0.15, -0.1) is 11.8 Å². The first kappa shape index (κ1) is 16.3. The molecule has 1 aromatic carbocycles. The molecule has 8 heteroatoms. The molecule has 0 heterocycles. The van der Waals surface area contributed by atoms with Gasteiger partial charge in [0, 0.05) is 17.7 Å². The van der Waals surface area contributed by atoms with Crippen molar-refractivity contribution in [3.05, 3.63) is 33.9 Å². The Morgan fingerprint density at radius 2 is 2.14 bits per heavy atom. The molecule has 0 aromatic heterocycles. The summed E-state index contributed by atoms with van der Waals surface area (Å²) < 4.78 is 0. The zero-order valence-electron chi connectivity index (χ0n) is 11.9. The monoisotopic (exact) mass is 324 g/mol. The summed E-state index contributed by atoms with van der Waals surface area (Å²) in [5.41, 5.74) is 0.109. The molecule has 22 heavy (non-hydrogen) atoms. The molecule has 118 valence electrons. The SMILES string of the molecule is CSc1ccc(C(=O)N[C@H]2CC[C@@H](C(=O)O)C2)cc1[N+](=O)[O-]. The van der Waals surface area contributed by atoms with Gasteiger partial charge < -0.3 is 10.4 Å². The second-order valence-corrected chi connectivity index (χ2v) is 6.01. The van der Waals surface area contributed by atoms with E-state index in [4.69, 9.17) is 5.11 Å². The number of carboxylic acids is 1. The molecule has 1 aromatic rings. The maximum Gasteiger partial charge on any atom is 0.306 e. The van der Waals surface area contributed by atoms with E-state index in [-0.39, 0.29) is 17.3 Å². The average Bonchev–Trinajstić information content (AvgIpc) is 2.95. The highest BCUT2D eigenvalue weighted by molar-refractivity contribution is 7.98. The van der Waals surface area contributed by atoms with Crippen molar-refractivity contribution < 1.29 is 19.6 Å². The smallest absolute Gasteiger partial charge is 0.306 e. The Labute approximate surface area is 131 Å². The van der Waals surface area contributed by atoms with Crippen molar-refractivity contribution in [2.24, 2.45) is 5.92 Å². The number of nitrogens with one attached hydrogen (secondary N) is 1. The van der Waals surface area contributed by atoms with Gasteiger partial charge in [0.25, 0.3) is 11.6 Å². The van der Waals surface area contributed by atoms with E-state index in [1.165, 1.54) is 23.9 Å². The highest BCUT2D eigenvalue weighted by Gasteiger charge is 2.31. The third kappa shape index (κ3) is 3.56. The van der Waals surface area contributed by atoms with Gasteiger partial charge in [0.2, 0.25) is 0 Å². The maximum absolute atomic E-state index is 12.2. The lowest BCUT2D eigenvalue weighted by atomic mass is 10.1. The molecule has 0 saturated heterocycles. The molecular weight excluding hydrogens is 308 g/mol. The van der Waals surface area contributed by atoms with Crippen molar-refractivity contribution in [1.82, 2.24) is 5.32 Å². The molecule has 2 N–H and O–H groups in total. The first-order chi connectivity index (χ1) is 10.4. The fraction of sp³-hybridized carbons (Fsp3) is 0.429. The van der Waals surface area contributed by atoms with Crippen LogP contribution in [-0.2, 0) is 4.79 Å². The first-order valence-corrected chi connectivity index (χ1v) is 8.01. The predicted octanol–water partition coefficient (Wildman–Crippen LogP) is 2.30. The van der Waals surface area contributed by atoms with Crippen molar-refractivity contribution in [2.45, 2.75) is 30.2 Å². The zero-order valence-corrected chi connectivity index (χ0v) is 12.8. The second-order valence-electron chi connectivity index (χ2n) is 5.16. The van der Waals surface area contributed by atoms with E-state index in [1.807, 2.05) is 0 Å². The Kier molecular flexibility index (Phi) is 5.02. The van der Waals surface area contributed by atoms with Crippen molar-refractivity contribution in [2.75, 3.05) is 6.26 Å². The Hall–Kier alpha value is -2.09. The Bertz CT molecular complexity index is 619. The quantitative estimate of drug-likeness (QED) is 0.488. The molecule has 0 aliphatic heterocycles. The average molecular weight is 324 g/mol. The molecule has 1 amide bonds. The predicted molar refractivity (Wildman–Crippen MR) is 81.1 cm³/mol. The van der Waals surface area contributed by atoms with E-state index in [9.17, 15) is 19.7 Å². The molecule has 1 fully saturated rings. The molecule has 1 aliphatic rings. The first-order valence-electron chi connectivity index (χ1n) is 6.78. The molecule has 7 nitrogen and oxygen atoms in total. The lowest BCUT2D eigenvalue weighted by molar-refractivity contribution is -0.387. The van der Waals surface area contributed by atoms with Crippen molar-refractivity contribution in [1.29, 1.82) is 0 Å². The van der Waals surface area contributed by atoms with E-state index in [0.29, 0.717) is 24.2 Å². The van der Waals surface area contributed by atoms with Gasteiger partial charge >= 0.3 is 5.97 Å². The summed E-state index contributed by atoms with van der Waals surface area (Å²) in [5.74, 6) is -1.69. The normalized spacial score (nSPS) is 20.6. The molecule has 0 bridgehead atoms. The van der Waals surface area contributed by atoms with Crippen LogP contribution in [0.5, 0.6) is 0 Å². The number of nitro groups is 1. The van der Waals surface area contributed by atoms with Gasteiger partial charge in [0.1, 0.15) is 0 Å². The summed E-state index contributed by atoms with van der Waals surface area (Å²) >= 11 is 1.24. The minimum absolute atomic E-state index is 0.102. The number of carbonyl (C=O) groups is 2. The molecule has 2 rings (SSSR count). The number of rotatable bonds is 5. The number of nitro benzene ring substituents is 1. The van der Waals surface area contributed by atoms with Crippen LogP contribution in [0.4, 0.5) is 5.69 Å². The van der Waals surface area contributed by atoms with Gasteiger partial charge in [-0.3, -0.25) is 19.7 Å². The fourth-order valence-electron chi connectivity index (χ4n) is 2.58. The minimum Gasteiger partial charge on any atom is -0.481 e. The van der Waals surface area contributed by atoms with Crippen LogP contribution in [0.2, 0.25) is 0 Å². The number of amides is 1. The third-order valence-electron chi connectivity index (χ3n) is 3.75. The van der Waals surface area contributed by atoms with Crippen molar-refractivity contribution in [3.63, 3.8) is 0 Å². The van der Waals surface area contributed by atoms with E-state index < -0.39 is 22.7 Å². The van der Waals surface area contributed by atoms with Crippen LogP contribution >= 0.6 is 11.8 Å². The Morgan fingerprint density at radius 1 is 1.41 bits per heavy atom. The van der Waals surface area contributed by atoms with Crippen LogP contribution in [0.3, 0.4) is 0 Å².